The van der Waals surface area contributed by atoms with E-state index >= 15 is 0 Å². The van der Waals surface area contributed by atoms with Crippen LogP contribution in [0.25, 0.3) is 0 Å². The number of nitrogens with one attached hydrogen (secondary N) is 1. The number of carbonyl (C=O) groups excluding carboxylic acids is 1. The van der Waals surface area contributed by atoms with Gasteiger partial charge in [0.25, 0.3) is 0 Å². The van der Waals surface area contributed by atoms with E-state index in [1.807, 2.05) is 38.1 Å². The zero-order valence-electron chi connectivity index (χ0n) is 16.9. The van der Waals surface area contributed by atoms with Crippen molar-refractivity contribution in [3.05, 3.63) is 29.8 Å². The molecule has 8 heteroatoms. The molecule has 1 fully saturated rings. The van der Waals surface area contributed by atoms with Gasteiger partial charge in [-0.05, 0) is 25.5 Å². The van der Waals surface area contributed by atoms with Crippen LogP contribution in [-0.2, 0) is 19.0 Å². The Hall–Kier alpha value is -1.71. The van der Waals surface area contributed by atoms with E-state index in [4.69, 9.17) is 18.9 Å². The van der Waals surface area contributed by atoms with Crippen molar-refractivity contribution in [3.8, 4) is 5.75 Å². The van der Waals surface area contributed by atoms with E-state index in [1.165, 1.54) is 0 Å². The Morgan fingerprint density at radius 1 is 1.32 bits per heavy atom. The Morgan fingerprint density at radius 2 is 2.00 bits per heavy atom. The molecule has 28 heavy (non-hydrogen) atoms. The van der Waals surface area contributed by atoms with Crippen LogP contribution in [0.4, 0.5) is 0 Å². The predicted octanol–water partition coefficient (Wildman–Crippen LogP) is 1.36. The molecule has 0 saturated carbocycles. The van der Waals surface area contributed by atoms with Crippen LogP contribution in [0, 0.1) is 5.41 Å². The number of ether oxygens (including phenoxy) is 4. The van der Waals surface area contributed by atoms with Gasteiger partial charge in [0.05, 0.1) is 13.7 Å². The Morgan fingerprint density at radius 3 is 2.61 bits per heavy atom. The van der Waals surface area contributed by atoms with Crippen LogP contribution in [0.1, 0.15) is 39.0 Å². The lowest BCUT2D eigenvalue weighted by Gasteiger charge is -2.41. The summed E-state index contributed by atoms with van der Waals surface area (Å²) < 4.78 is 21.8. The summed E-state index contributed by atoms with van der Waals surface area (Å²) in [4.78, 5) is 12.7. The second-order valence-electron chi connectivity index (χ2n) is 7.41. The van der Waals surface area contributed by atoms with E-state index in [-0.39, 0.29) is 18.9 Å². The second kappa shape index (κ2) is 10.2. The maximum absolute atomic E-state index is 12.7. The van der Waals surface area contributed by atoms with Crippen LogP contribution in [0.2, 0.25) is 0 Å². The lowest BCUT2D eigenvalue weighted by Crippen LogP contribution is -2.52. The standard InChI is InChI=1S/C20H31NO7/c1-5-26-18(24)15(22)10-11-21-17(23)16-20(2,3)12-27-19(28-16)13-6-8-14(25-4)9-7-13/h6-9,15-16,18-19,22,24H,5,10-12H2,1-4H3,(H,21,23). The highest BCUT2D eigenvalue weighted by Gasteiger charge is 2.43. The fourth-order valence-electron chi connectivity index (χ4n) is 2.93. The fourth-order valence-corrected chi connectivity index (χ4v) is 2.93. The third-order valence-corrected chi connectivity index (χ3v) is 4.61. The molecule has 1 saturated heterocycles. The Bertz CT molecular complexity index is 619. The number of benzene rings is 1. The molecule has 4 unspecified atom stereocenters. The Kier molecular flexibility index (Phi) is 8.21. The minimum absolute atomic E-state index is 0.165. The lowest BCUT2D eigenvalue weighted by atomic mass is 9.85. The molecule has 0 bridgehead atoms. The van der Waals surface area contributed by atoms with Gasteiger partial charge in [0, 0.05) is 24.1 Å². The number of aliphatic hydroxyl groups excluding tert-OH is 2. The molecule has 1 aliphatic heterocycles. The lowest BCUT2D eigenvalue weighted by molar-refractivity contribution is -0.258. The molecule has 3 N–H and O–H groups in total. The van der Waals surface area contributed by atoms with Gasteiger partial charge in [-0.3, -0.25) is 4.79 Å². The van der Waals surface area contributed by atoms with Crippen molar-refractivity contribution in [2.75, 3.05) is 26.9 Å². The summed E-state index contributed by atoms with van der Waals surface area (Å²) in [7, 11) is 1.59. The molecule has 0 aromatic heterocycles. The first kappa shape index (κ1) is 22.6. The smallest absolute Gasteiger partial charge is 0.249 e. The van der Waals surface area contributed by atoms with Crippen molar-refractivity contribution in [1.29, 1.82) is 0 Å². The van der Waals surface area contributed by atoms with Crippen molar-refractivity contribution < 1.29 is 34.0 Å². The van der Waals surface area contributed by atoms with E-state index in [1.54, 1.807) is 14.0 Å². The molecule has 0 aliphatic carbocycles. The van der Waals surface area contributed by atoms with Crippen molar-refractivity contribution >= 4 is 5.91 Å². The first-order valence-electron chi connectivity index (χ1n) is 9.45. The topological polar surface area (TPSA) is 106 Å². The molecular weight excluding hydrogens is 366 g/mol. The summed E-state index contributed by atoms with van der Waals surface area (Å²) in [5, 5.41) is 22.2. The summed E-state index contributed by atoms with van der Waals surface area (Å²) in [6.45, 7) is 6.36. The third-order valence-electron chi connectivity index (χ3n) is 4.61. The van der Waals surface area contributed by atoms with Crippen molar-refractivity contribution in [2.45, 2.75) is 52.0 Å². The van der Waals surface area contributed by atoms with Gasteiger partial charge < -0.3 is 34.5 Å². The van der Waals surface area contributed by atoms with E-state index in [9.17, 15) is 15.0 Å². The molecule has 1 amide bonds. The first-order valence-corrected chi connectivity index (χ1v) is 9.45. The number of amides is 1. The maximum atomic E-state index is 12.7. The molecule has 1 heterocycles. The van der Waals surface area contributed by atoms with Crippen LogP contribution in [0.15, 0.2) is 24.3 Å². The van der Waals surface area contributed by atoms with E-state index in [2.05, 4.69) is 5.32 Å². The van der Waals surface area contributed by atoms with Gasteiger partial charge in [-0.1, -0.05) is 26.0 Å². The van der Waals surface area contributed by atoms with Gasteiger partial charge in [0.15, 0.2) is 12.6 Å². The highest BCUT2D eigenvalue weighted by molar-refractivity contribution is 5.81. The SMILES string of the molecule is CCOC(O)C(O)CCNC(=O)C1OC(c2ccc(OC)cc2)OCC1(C)C. The molecule has 8 nitrogen and oxygen atoms in total. The number of hydrogen-bond acceptors (Lipinski definition) is 7. The largest absolute Gasteiger partial charge is 0.497 e. The van der Waals surface area contributed by atoms with E-state index in [0.717, 1.165) is 11.3 Å². The van der Waals surface area contributed by atoms with Crippen molar-refractivity contribution in [1.82, 2.24) is 5.32 Å². The molecule has 1 aromatic rings. The maximum Gasteiger partial charge on any atom is 0.249 e. The number of aliphatic hydroxyl groups is 2. The molecule has 1 aromatic carbocycles. The summed E-state index contributed by atoms with van der Waals surface area (Å²) in [6, 6.07) is 7.29. The molecule has 0 radical (unpaired) electrons. The molecule has 4 atom stereocenters. The number of carbonyl (C=O) groups is 1. The Balaban J connectivity index is 1.93. The summed E-state index contributed by atoms with van der Waals surface area (Å²) in [6.07, 6.45) is -3.55. The molecular formula is C20H31NO7. The Labute approximate surface area is 165 Å². The van der Waals surface area contributed by atoms with Crippen LogP contribution in [0.3, 0.4) is 0 Å². The fraction of sp³-hybridized carbons (Fsp3) is 0.650. The minimum atomic E-state index is -1.27. The highest BCUT2D eigenvalue weighted by Crippen LogP contribution is 2.36. The van der Waals surface area contributed by atoms with Crippen molar-refractivity contribution in [3.63, 3.8) is 0 Å². The van der Waals surface area contributed by atoms with Crippen LogP contribution >= 0.6 is 0 Å². The number of rotatable bonds is 9. The zero-order chi connectivity index (χ0) is 20.7. The van der Waals surface area contributed by atoms with Gasteiger partial charge in [-0.15, -0.1) is 0 Å². The molecule has 0 spiro atoms. The third kappa shape index (κ3) is 5.89. The molecule has 2 rings (SSSR count). The predicted molar refractivity (Wildman–Crippen MR) is 102 cm³/mol. The van der Waals surface area contributed by atoms with Crippen molar-refractivity contribution in [2.24, 2.45) is 5.41 Å². The van der Waals surface area contributed by atoms with Crippen LogP contribution < -0.4 is 10.1 Å². The van der Waals surface area contributed by atoms with Gasteiger partial charge in [-0.2, -0.15) is 0 Å². The monoisotopic (exact) mass is 397 g/mol. The first-order chi connectivity index (χ1) is 13.3. The average Bonchev–Trinajstić information content (AvgIpc) is 2.68. The van der Waals surface area contributed by atoms with Crippen LogP contribution in [-0.4, -0.2) is 61.5 Å². The van der Waals surface area contributed by atoms with Gasteiger partial charge in [0.1, 0.15) is 18.0 Å². The van der Waals surface area contributed by atoms with E-state index in [0.29, 0.717) is 13.2 Å². The highest BCUT2D eigenvalue weighted by atomic mass is 16.7. The van der Waals surface area contributed by atoms with E-state index < -0.39 is 30.2 Å². The normalized spacial score (nSPS) is 23.6. The minimum Gasteiger partial charge on any atom is -0.497 e. The molecule has 1 aliphatic rings. The summed E-state index contributed by atoms with van der Waals surface area (Å²) in [5.41, 5.74) is 0.278. The van der Waals surface area contributed by atoms with Gasteiger partial charge in [0.2, 0.25) is 5.91 Å². The summed E-state index contributed by atoms with van der Waals surface area (Å²) in [5.74, 6) is 0.437. The van der Waals surface area contributed by atoms with Gasteiger partial charge in [-0.25, -0.2) is 0 Å². The number of methoxy groups -OCH3 is 1. The van der Waals surface area contributed by atoms with Gasteiger partial charge >= 0.3 is 0 Å². The summed E-state index contributed by atoms with van der Waals surface area (Å²) >= 11 is 0. The quantitative estimate of drug-likeness (QED) is 0.540. The molecule has 158 valence electrons. The zero-order valence-corrected chi connectivity index (χ0v) is 16.9. The number of hydrogen-bond donors (Lipinski definition) is 3. The van der Waals surface area contributed by atoms with Crippen LogP contribution in [0.5, 0.6) is 5.75 Å². The average molecular weight is 397 g/mol. The second-order valence-corrected chi connectivity index (χ2v) is 7.41.